The Labute approximate surface area is 206 Å². The van der Waals surface area contributed by atoms with Crippen molar-refractivity contribution in [3.05, 3.63) is 82.9 Å². The highest BCUT2D eigenvalue weighted by atomic mass is 16.7. The summed E-state index contributed by atoms with van der Waals surface area (Å²) in [6.07, 6.45) is 4.13. The van der Waals surface area contributed by atoms with E-state index in [-0.39, 0.29) is 18.5 Å². The van der Waals surface area contributed by atoms with Gasteiger partial charge in [0.05, 0.1) is 5.41 Å². The molecule has 0 N–H and O–H groups in total. The molecule has 3 aromatic carbocycles. The Kier molecular flexibility index (Phi) is 6.10. The van der Waals surface area contributed by atoms with E-state index in [0.717, 1.165) is 59.4 Å². The van der Waals surface area contributed by atoms with Gasteiger partial charge in [-0.05, 0) is 71.3 Å². The summed E-state index contributed by atoms with van der Waals surface area (Å²) in [5.74, 6) is 1.70. The zero-order valence-electron chi connectivity index (χ0n) is 20.6. The van der Waals surface area contributed by atoms with Crippen molar-refractivity contribution >= 4 is 11.7 Å². The highest BCUT2D eigenvalue weighted by molar-refractivity contribution is 5.95. The summed E-state index contributed by atoms with van der Waals surface area (Å²) < 4.78 is 11.0. The van der Waals surface area contributed by atoms with Crippen LogP contribution < -0.4 is 9.47 Å². The number of hydrogen-bond acceptors (Lipinski definition) is 4. The quantitative estimate of drug-likeness (QED) is 0.432. The molecule has 3 aromatic rings. The molecule has 0 unspecified atom stereocenters. The molecule has 5 nitrogen and oxygen atoms in total. The van der Waals surface area contributed by atoms with Crippen molar-refractivity contribution in [2.75, 3.05) is 20.9 Å². The van der Waals surface area contributed by atoms with E-state index in [1.54, 1.807) is 19.0 Å². The van der Waals surface area contributed by atoms with Gasteiger partial charge in [0.25, 0.3) is 5.91 Å². The summed E-state index contributed by atoms with van der Waals surface area (Å²) >= 11 is 0. The lowest BCUT2D eigenvalue weighted by molar-refractivity contribution is -0.120. The molecule has 1 saturated carbocycles. The number of amides is 1. The summed E-state index contributed by atoms with van der Waals surface area (Å²) in [7, 11) is 3.51. The fraction of sp³-hybridized carbons (Fsp3) is 0.333. The predicted molar refractivity (Wildman–Crippen MR) is 136 cm³/mol. The molecule has 0 saturated heterocycles. The second-order valence-corrected chi connectivity index (χ2v) is 9.77. The number of fused-ring (bicyclic) bond motifs is 1. The zero-order chi connectivity index (χ0) is 24.6. The fourth-order valence-corrected chi connectivity index (χ4v) is 4.94. The minimum atomic E-state index is -0.419. The molecule has 1 aliphatic heterocycles. The molecule has 0 radical (unpaired) electrons. The number of nitrogens with zero attached hydrogens (tertiary/aromatic N) is 1. The number of aryl methyl sites for hydroxylation is 1. The van der Waals surface area contributed by atoms with Gasteiger partial charge in [0.15, 0.2) is 11.5 Å². The molecule has 5 heteroatoms. The van der Waals surface area contributed by atoms with Gasteiger partial charge in [-0.1, -0.05) is 49.7 Å². The third kappa shape index (κ3) is 4.43. The van der Waals surface area contributed by atoms with Gasteiger partial charge in [0.1, 0.15) is 5.78 Å². The highest BCUT2D eigenvalue weighted by Crippen LogP contribution is 2.51. The molecule has 0 bridgehead atoms. The van der Waals surface area contributed by atoms with Crippen LogP contribution in [0.15, 0.2) is 60.7 Å². The average Bonchev–Trinajstić information content (AvgIpc) is 3.55. The molecule has 1 fully saturated rings. The van der Waals surface area contributed by atoms with Crippen LogP contribution in [0, 0.1) is 0 Å². The van der Waals surface area contributed by atoms with Crippen LogP contribution in [0.25, 0.3) is 11.1 Å². The predicted octanol–water partition coefficient (Wildman–Crippen LogP) is 5.58. The van der Waals surface area contributed by atoms with Crippen molar-refractivity contribution in [2.24, 2.45) is 0 Å². The van der Waals surface area contributed by atoms with E-state index in [4.69, 9.17) is 9.47 Å². The number of Topliss-reactive ketones (excluding diaryl/α,β-unsaturated/α-hetero) is 1. The Morgan fingerprint density at radius 2 is 1.66 bits per heavy atom. The van der Waals surface area contributed by atoms with E-state index >= 15 is 0 Å². The third-order valence-corrected chi connectivity index (χ3v) is 7.12. The maximum absolute atomic E-state index is 13.5. The maximum Gasteiger partial charge on any atom is 0.253 e. The number of carbonyl (C=O) groups excluding carboxylic acids is 2. The Morgan fingerprint density at radius 1 is 0.914 bits per heavy atom. The van der Waals surface area contributed by atoms with Gasteiger partial charge in [-0.2, -0.15) is 0 Å². The third-order valence-electron chi connectivity index (χ3n) is 7.12. The Hall–Kier alpha value is -3.60. The summed E-state index contributed by atoms with van der Waals surface area (Å²) in [5.41, 5.74) is 5.75. The molecular formula is C30H31NO4. The second-order valence-electron chi connectivity index (χ2n) is 9.77. The number of ether oxygens (including phenoxy) is 2. The van der Waals surface area contributed by atoms with Crippen LogP contribution in [-0.2, 0) is 23.1 Å². The van der Waals surface area contributed by atoms with Crippen molar-refractivity contribution in [1.82, 2.24) is 4.90 Å². The van der Waals surface area contributed by atoms with Gasteiger partial charge in [-0.15, -0.1) is 0 Å². The summed E-state index contributed by atoms with van der Waals surface area (Å²) in [6.45, 7) is 2.40. The average molecular weight is 470 g/mol. The summed E-state index contributed by atoms with van der Waals surface area (Å²) in [6, 6.07) is 20.1. The van der Waals surface area contributed by atoms with E-state index in [1.165, 1.54) is 5.56 Å². The number of ketones is 1. The van der Waals surface area contributed by atoms with Gasteiger partial charge in [-0.25, -0.2) is 0 Å². The lowest BCUT2D eigenvalue weighted by Crippen LogP contribution is -2.22. The first-order valence-electron chi connectivity index (χ1n) is 12.3. The van der Waals surface area contributed by atoms with Gasteiger partial charge < -0.3 is 14.4 Å². The molecule has 1 aliphatic carbocycles. The Bertz CT molecular complexity index is 1270. The Morgan fingerprint density at radius 3 is 2.34 bits per heavy atom. The second kappa shape index (κ2) is 9.21. The van der Waals surface area contributed by atoms with Crippen LogP contribution in [0.2, 0.25) is 0 Å². The van der Waals surface area contributed by atoms with Crippen LogP contribution >= 0.6 is 0 Å². The standard InChI is InChI=1S/C30H31NO4/c1-4-5-21-7-6-20(16-25(21)22-8-10-23(11-9-22)29(33)31(2)3)17-28(32)30(14-15-30)24-12-13-26-27(18-24)35-19-34-26/h6-13,16,18H,4-5,14-15,17,19H2,1-3H3. The van der Waals surface area contributed by atoms with Crippen LogP contribution in [0.4, 0.5) is 0 Å². The van der Waals surface area contributed by atoms with Crippen LogP contribution in [0.1, 0.15) is 53.2 Å². The Balaban J connectivity index is 1.40. The fourth-order valence-electron chi connectivity index (χ4n) is 4.94. The van der Waals surface area contributed by atoms with Gasteiger partial charge in [-0.3, -0.25) is 9.59 Å². The molecule has 2 aliphatic rings. The number of hydrogen-bond donors (Lipinski definition) is 0. The molecule has 1 heterocycles. The number of carbonyl (C=O) groups is 2. The minimum absolute atomic E-state index is 0.0112. The van der Waals surface area contributed by atoms with Gasteiger partial charge in [0.2, 0.25) is 6.79 Å². The van der Waals surface area contributed by atoms with E-state index in [9.17, 15) is 9.59 Å². The molecule has 1 amide bonds. The number of rotatable bonds is 8. The SMILES string of the molecule is CCCc1ccc(CC(=O)C2(c3ccc4c(c3)OCO4)CC2)cc1-c1ccc(C(=O)N(C)C)cc1. The zero-order valence-corrected chi connectivity index (χ0v) is 20.6. The first-order chi connectivity index (χ1) is 16.9. The van der Waals surface area contributed by atoms with Crippen LogP contribution in [-0.4, -0.2) is 37.5 Å². The first kappa shape index (κ1) is 23.2. The lowest BCUT2D eigenvalue weighted by Gasteiger charge is -2.17. The van der Waals surface area contributed by atoms with E-state index in [2.05, 4.69) is 25.1 Å². The van der Waals surface area contributed by atoms with E-state index < -0.39 is 5.41 Å². The van der Waals surface area contributed by atoms with Gasteiger partial charge in [0, 0.05) is 26.1 Å². The minimum Gasteiger partial charge on any atom is -0.454 e. The molecule has 0 spiro atoms. The molecule has 0 atom stereocenters. The van der Waals surface area contributed by atoms with Crippen molar-refractivity contribution in [1.29, 1.82) is 0 Å². The maximum atomic E-state index is 13.5. The molecular weight excluding hydrogens is 438 g/mol. The van der Waals surface area contributed by atoms with Crippen LogP contribution in [0.3, 0.4) is 0 Å². The topological polar surface area (TPSA) is 55.8 Å². The van der Waals surface area contributed by atoms with E-state index in [1.807, 2.05) is 42.5 Å². The summed E-state index contributed by atoms with van der Waals surface area (Å²) in [4.78, 5) is 27.4. The molecule has 5 rings (SSSR count). The smallest absolute Gasteiger partial charge is 0.253 e. The van der Waals surface area contributed by atoms with Crippen molar-refractivity contribution in [3.8, 4) is 22.6 Å². The summed E-state index contributed by atoms with van der Waals surface area (Å²) in [5, 5.41) is 0. The van der Waals surface area contributed by atoms with E-state index in [0.29, 0.717) is 12.0 Å². The largest absolute Gasteiger partial charge is 0.454 e. The molecule has 180 valence electrons. The highest BCUT2D eigenvalue weighted by Gasteiger charge is 2.50. The van der Waals surface area contributed by atoms with Crippen molar-refractivity contribution in [2.45, 2.75) is 44.4 Å². The monoisotopic (exact) mass is 469 g/mol. The van der Waals surface area contributed by atoms with Gasteiger partial charge >= 0.3 is 0 Å². The lowest BCUT2D eigenvalue weighted by atomic mass is 9.86. The molecule has 35 heavy (non-hydrogen) atoms. The first-order valence-corrected chi connectivity index (χ1v) is 12.3. The molecule has 0 aromatic heterocycles. The van der Waals surface area contributed by atoms with Crippen molar-refractivity contribution < 1.29 is 19.1 Å². The van der Waals surface area contributed by atoms with Crippen molar-refractivity contribution in [3.63, 3.8) is 0 Å². The number of benzene rings is 3. The van der Waals surface area contributed by atoms with Crippen LogP contribution in [0.5, 0.6) is 11.5 Å². The normalized spacial score (nSPS) is 15.1.